The Kier molecular flexibility index (Phi) is 5.69. The number of nitrogens with zero attached hydrogens (tertiary/aromatic N) is 1. The Bertz CT molecular complexity index is 869. The van der Waals surface area contributed by atoms with Crippen LogP contribution in [0.4, 0.5) is 0 Å². The first-order chi connectivity index (χ1) is 13.3. The fourth-order valence-electron chi connectivity index (χ4n) is 4.22. The number of fused-ring (bicyclic) bond motifs is 1. The van der Waals surface area contributed by atoms with Crippen molar-refractivity contribution < 1.29 is 9.84 Å². The van der Waals surface area contributed by atoms with Crippen molar-refractivity contribution in [3.63, 3.8) is 0 Å². The molecule has 0 bridgehead atoms. The molecule has 27 heavy (non-hydrogen) atoms. The average Bonchev–Trinajstić information content (AvgIpc) is 2.74. The van der Waals surface area contributed by atoms with Gasteiger partial charge in [-0.1, -0.05) is 55.7 Å². The summed E-state index contributed by atoms with van der Waals surface area (Å²) in [7, 11) is 0. The Hall–Kier alpha value is -2.39. The summed E-state index contributed by atoms with van der Waals surface area (Å²) in [5.74, 6) is 1.70. The maximum absolute atomic E-state index is 9.90. The standard InChI is InChI=1S/C24H27NO2/c26-16-23(18-6-2-1-3-7-18)19-11-14-22(15-12-19)27-17-21-13-10-20-8-4-5-9-24(20)25-21/h4-5,8-15,18,23,26H,1-3,6-7,16-17H2. The van der Waals surface area contributed by atoms with E-state index in [-0.39, 0.29) is 12.5 Å². The zero-order valence-corrected chi connectivity index (χ0v) is 15.7. The third kappa shape index (κ3) is 4.30. The highest BCUT2D eigenvalue weighted by Crippen LogP contribution is 2.36. The van der Waals surface area contributed by atoms with Gasteiger partial charge in [0.25, 0.3) is 0 Å². The van der Waals surface area contributed by atoms with Gasteiger partial charge in [-0.2, -0.15) is 0 Å². The molecule has 1 saturated carbocycles. The molecule has 1 fully saturated rings. The van der Waals surface area contributed by atoms with Crippen LogP contribution in [-0.2, 0) is 6.61 Å². The largest absolute Gasteiger partial charge is 0.487 e. The summed E-state index contributed by atoms with van der Waals surface area (Å²) in [5.41, 5.74) is 3.14. The number of para-hydroxylation sites is 1. The van der Waals surface area contributed by atoms with Gasteiger partial charge in [-0.05, 0) is 48.6 Å². The molecule has 1 heterocycles. The lowest BCUT2D eigenvalue weighted by molar-refractivity contribution is 0.196. The van der Waals surface area contributed by atoms with Gasteiger partial charge in [0.15, 0.2) is 0 Å². The fraction of sp³-hybridized carbons (Fsp3) is 0.375. The second kappa shape index (κ2) is 8.53. The molecule has 1 N–H and O–H groups in total. The van der Waals surface area contributed by atoms with Gasteiger partial charge in [0.1, 0.15) is 12.4 Å². The lowest BCUT2D eigenvalue weighted by Crippen LogP contribution is -2.19. The van der Waals surface area contributed by atoms with E-state index in [4.69, 9.17) is 4.74 Å². The molecule has 1 aliphatic carbocycles. The number of hydrogen-bond donors (Lipinski definition) is 1. The second-order valence-electron chi connectivity index (χ2n) is 7.54. The Balaban J connectivity index is 1.40. The van der Waals surface area contributed by atoms with Crippen LogP contribution in [0.15, 0.2) is 60.7 Å². The molecular formula is C24H27NO2. The van der Waals surface area contributed by atoms with Crippen molar-refractivity contribution in [2.24, 2.45) is 5.92 Å². The SMILES string of the molecule is OCC(c1ccc(OCc2ccc3ccccc3n2)cc1)C1CCCCC1. The number of hydrogen-bond acceptors (Lipinski definition) is 3. The van der Waals surface area contributed by atoms with Crippen molar-refractivity contribution in [2.75, 3.05) is 6.61 Å². The molecule has 0 aliphatic heterocycles. The molecule has 1 aromatic heterocycles. The van der Waals surface area contributed by atoms with E-state index in [1.165, 1.54) is 37.7 Å². The van der Waals surface area contributed by atoms with Crippen LogP contribution in [0.5, 0.6) is 5.75 Å². The van der Waals surface area contributed by atoms with Crippen molar-refractivity contribution in [3.05, 3.63) is 71.9 Å². The quantitative estimate of drug-likeness (QED) is 0.633. The Morgan fingerprint density at radius 3 is 2.48 bits per heavy atom. The molecular weight excluding hydrogens is 334 g/mol. The highest BCUT2D eigenvalue weighted by atomic mass is 16.5. The molecule has 3 aromatic rings. The van der Waals surface area contributed by atoms with Crippen LogP contribution in [0, 0.1) is 5.92 Å². The van der Waals surface area contributed by atoms with Crippen LogP contribution >= 0.6 is 0 Å². The molecule has 0 spiro atoms. The molecule has 140 valence electrons. The van der Waals surface area contributed by atoms with Gasteiger partial charge < -0.3 is 9.84 Å². The van der Waals surface area contributed by atoms with E-state index in [1.54, 1.807) is 0 Å². The highest BCUT2D eigenvalue weighted by molar-refractivity contribution is 5.78. The first-order valence-corrected chi connectivity index (χ1v) is 10.0. The molecule has 3 heteroatoms. The normalized spacial score (nSPS) is 16.3. The molecule has 3 nitrogen and oxygen atoms in total. The summed E-state index contributed by atoms with van der Waals surface area (Å²) >= 11 is 0. The van der Waals surface area contributed by atoms with Gasteiger partial charge in [-0.15, -0.1) is 0 Å². The van der Waals surface area contributed by atoms with Crippen molar-refractivity contribution in [1.29, 1.82) is 0 Å². The van der Waals surface area contributed by atoms with Gasteiger partial charge in [-0.25, -0.2) is 4.98 Å². The van der Waals surface area contributed by atoms with Crippen molar-refractivity contribution in [1.82, 2.24) is 4.98 Å². The highest BCUT2D eigenvalue weighted by Gasteiger charge is 2.24. The van der Waals surface area contributed by atoms with Gasteiger partial charge in [-0.3, -0.25) is 0 Å². The predicted molar refractivity (Wildman–Crippen MR) is 109 cm³/mol. The molecule has 2 aromatic carbocycles. The van der Waals surface area contributed by atoms with Crippen LogP contribution in [0.25, 0.3) is 10.9 Å². The van der Waals surface area contributed by atoms with E-state index in [0.717, 1.165) is 22.3 Å². The minimum Gasteiger partial charge on any atom is -0.487 e. The summed E-state index contributed by atoms with van der Waals surface area (Å²) in [6.45, 7) is 0.683. The Morgan fingerprint density at radius 2 is 1.70 bits per heavy atom. The first kappa shape index (κ1) is 18.0. The molecule has 4 rings (SSSR count). The topological polar surface area (TPSA) is 42.4 Å². The number of pyridine rings is 1. The predicted octanol–water partition coefficient (Wildman–Crippen LogP) is 5.47. The summed E-state index contributed by atoms with van der Waals surface area (Å²) in [5, 5.41) is 11.0. The zero-order valence-electron chi connectivity index (χ0n) is 15.7. The molecule has 1 aliphatic rings. The third-order valence-electron chi connectivity index (χ3n) is 5.77. The number of aliphatic hydroxyl groups is 1. The number of benzene rings is 2. The molecule has 0 amide bonds. The maximum Gasteiger partial charge on any atom is 0.130 e. The summed E-state index contributed by atoms with van der Waals surface area (Å²) in [6, 6.07) is 20.5. The van der Waals surface area contributed by atoms with Crippen molar-refractivity contribution >= 4 is 10.9 Å². The van der Waals surface area contributed by atoms with Crippen LogP contribution in [0.1, 0.15) is 49.3 Å². The van der Waals surface area contributed by atoms with Crippen molar-refractivity contribution in [3.8, 4) is 5.75 Å². The lowest BCUT2D eigenvalue weighted by atomic mass is 9.77. The van der Waals surface area contributed by atoms with Crippen LogP contribution in [-0.4, -0.2) is 16.7 Å². The summed E-state index contributed by atoms with van der Waals surface area (Å²) in [4.78, 5) is 4.65. The number of aromatic nitrogens is 1. The first-order valence-electron chi connectivity index (χ1n) is 10.0. The van der Waals surface area contributed by atoms with Gasteiger partial charge in [0, 0.05) is 11.3 Å². The lowest BCUT2D eigenvalue weighted by Gasteiger charge is -2.29. The average molecular weight is 361 g/mol. The monoisotopic (exact) mass is 361 g/mol. The molecule has 1 atom stereocenters. The van der Waals surface area contributed by atoms with E-state index in [1.807, 2.05) is 36.4 Å². The number of ether oxygens (including phenoxy) is 1. The summed E-state index contributed by atoms with van der Waals surface area (Å²) < 4.78 is 5.93. The zero-order chi connectivity index (χ0) is 18.5. The van der Waals surface area contributed by atoms with E-state index in [9.17, 15) is 5.11 Å². The minimum absolute atomic E-state index is 0.228. The molecule has 0 radical (unpaired) electrons. The van der Waals surface area contributed by atoms with Crippen LogP contribution in [0.3, 0.4) is 0 Å². The van der Waals surface area contributed by atoms with Gasteiger partial charge >= 0.3 is 0 Å². The minimum atomic E-state index is 0.228. The second-order valence-corrected chi connectivity index (χ2v) is 7.54. The maximum atomic E-state index is 9.90. The van der Waals surface area contributed by atoms with E-state index in [2.05, 4.69) is 29.2 Å². The van der Waals surface area contributed by atoms with Gasteiger partial charge in [0.05, 0.1) is 17.8 Å². The smallest absolute Gasteiger partial charge is 0.130 e. The number of rotatable bonds is 6. The fourth-order valence-corrected chi connectivity index (χ4v) is 4.22. The van der Waals surface area contributed by atoms with E-state index >= 15 is 0 Å². The van der Waals surface area contributed by atoms with Crippen LogP contribution in [0.2, 0.25) is 0 Å². The Labute approximate surface area is 161 Å². The van der Waals surface area contributed by atoms with E-state index in [0.29, 0.717) is 12.5 Å². The Morgan fingerprint density at radius 1 is 0.926 bits per heavy atom. The number of aliphatic hydroxyl groups excluding tert-OH is 1. The van der Waals surface area contributed by atoms with E-state index < -0.39 is 0 Å². The third-order valence-corrected chi connectivity index (χ3v) is 5.77. The van der Waals surface area contributed by atoms with Crippen LogP contribution < -0.4 is 4.74 Å². The summed E-state index contributed by atoms with van der Waals surface area (Å²) in [6.07, 6.45) is 6.39. The van der Waals surface area contributed by atoms with Crippen molar-refractivity contribution in [2.45, 2.75) is 44.6 Å². The van der Waals surface area contributed by atoms with Gasteiger partial charge in [0.2, 0.25) is 0 Å². The molecule has 1 unspecified atom stereocenters. The molecule has 0 saturated heterocycles.